The topological polar surface area (TPSA) is 133 Å². The quantitative estimate of drug-likeness (QED) is 0.349. The first-order valence-corrected chi connectivity index (χ1v) is 14.1. The van der Waals surface area contributed by atoms with Gasteiger partial charge in [0, 0.05) is 24.3 Å². The van der Waals surface area contributed by atoms with E-state index < -0.39 is 55.9 Å². The molecule has 0 fully saturated rings. The summed E-state index contributed by atoms with van der Waals surface area (Å²) >= 11 is 0. The van der Waals surface area contributed by atoms with Crippen LogP contribution in [-0.2, 0) is 29.6 Å². The molecule has 0 aliphatic heterocycles. The fourth-order valence-corrected chi connectivity index (χ4v) is 4.84. The van der Waals surface area contributed by atoms with Crippen LogP contribution in [0.2, 0.25) is 0 Å². The molecule has 0 heterocycles. The molecule has 0 bridgehead atoms. The van der Waals surface area contributed by atoms with Gasteiger partial charge in [-0.2, -0.15) is 0 Å². The second kappa shape index (κ2) is 12.2. The molecule has 1 aromatic rings. The van der Waals surface area contributed by atoms with Gasteiger partial charge in [-0.1, -0.05) is 64.1 Å². The maximum atomic E-state index is 13.8. The number of carboxylic acid groups (broad SMARTS) is 1. The molecule has 2 amide bonds. The molecule has 9 nitrogen and oxygen atoms in total. The molecule has 37 heavy (non-hydrogen) atoms. The standard InChI is InChI=1S/C27H43N3O6S/c1-17(2)20(16-18(3)25(33)34)30(9)24(32)22(27(6,7)37(10,35)36)29-23(31)21(28-8)26(4,5)19-14-12-11-13-15-19/h11-17,20-22,28H,1-10H3,(H,29,31)(H,33,34)/b18-16+/t20-,21-,22-/m1/s1. The van der Waals surface area contributed by atoms with Gasteiger partial charge in [0.2, 0.25) is 11.8 Å². The number of nitrogens with one attached hydrogen (secondary N) is 2. The Hall–Kier alpha value is -2.72. The van der Waals surface area contributed by atoms with Crippen molar-refractivity contribution in [3.8, 4) is 0 Å². The van der Waals surface area contributed by atoms with Gasteiger partial charge in [-0.15, -0.1) is 0 Å². The van der Waals surface area contributed by atoms with E-state index in [9.17, 15) is 27.9 Å². The summed E-state index contributed by atoms with van der Waals surface area (Å²) in [5.74, 6) is -2.46. The fourth-order valence-electron chi connectivity index (χ4n) is 4.26. The second-order valence-corrected chi connectivity index (χ2v) is 13.6. The molecule has 0 radical (unpaired) electrons. The highest BCUT2D eigenvalue weighted by Gasteiger charge is 2.48. The van der Waals surface area contributed by atoms with Gasteiger partial charge in [0.15, 0.2) is 9.84 Å². The molecule has 0 saturated heterocycles. The van der Waals surface area contributed by atoms with Gasteiger partial charge in [0.05, 0.1) is 16.8 Å². The van der Waals surface area contributed by atoms with Crippen molar-refractivity contribution in [3.63, 3.8) is 0 Å². The smallest absolute Gasteiger partial charge is 0.331 e. The van der Waals surface area contributed by atoms with Crippen LogP contribution in [0.4, 0.5) is 0 Å². The monoisotopic (exact) mass is 537 g/mol. The van der Waals surface area contributed by atoms with Crippen LogP contribution in [0.15, 0.2) is 42.0 Å². The normalized spacial score (nSPS) is 15.6. The number of amides is 2. The van der Waals surface area contributed by atoms with E-state index >= 15 is 0 Å². The molecule has 0 unspecified atom stereocenters. The van der Waals surface area contributed by atoms with Crippen molar-refractivity contribution in [3.05, 3.63) is 47.5 Å². The van der Waals surface area contributed by atoms with Crippen LogP contribution in [0.5, 0.6) is 0 Å². The molecule has 0 aliphatic carbocycles. The van der Waals surface area contributed by atoms with Crippen molar-refractivity contribution in [1.82, 2.24) is 15.5 Å². The molecule has 1 rings (SSSR count). The summed E-state index contributed by atoms with van der Waals surface area (Å²) in [7, 11) is -0.702. The summed E-state index contributed by atoms with van der Waals surface area (Å²) in [4.78, 5) is 40.2. The highest BCUT2D eigenvalue weighted by atomic mass is 32.2. The van der Waals surface area contributed by atoms with Crippen molar-refractivity contribution < 1.29 is 27.9 Å². The van der Waals surface area contributed by atoms with E-state index in [-0.39, 0.29) is 11.5 Å². The van der Waals surface area contributed by atoms with Crippen LogP contribution in [0, 0.1) is 5.92 Å². The van der Waals surface area contributed by atoms with Gasteiger partial charge in [0.1, 0.15) is 6.04 Å². The van der Waals surface area contributed by atoms with Crippen LogP contribution >= 0.6 is 0 Å². The van der Waals surface area contributed by atoms with Crippen LogP contribution in [-0.4, -0.2) is 79.4 Å². The Morgan fingerprint density at radius 1 is 1.03 bits per heavy atom. The van der Waals surface area contributed by atoms with Gasteiger partial charge in [-0.3, -0.25) is 9.59 Å². The second-order valence-electron chi connectivity index (χ2n) is 11.0. The number of carbonyl (C=O) groups excluding carboxylic acids is 2. The number of carboxylic acids is 1. The minimum atomic E-state index is -3.82. The molecule has 0 aliphatic rings. The first kappa shape index (κ1) is 32.3. The average molecular weight is 538 g/mol. The third-order valence-electron chi connectivity index (χ3n) is 7.21. The van der Waals surface area contributed by atoms with E-state index in [2.05, 4.69) is 10.6 Å². The third kappa shape index (κ3) is 7.41. The maximum Gasteiger partial charge on any atom is 0.331 e. The van der Waals surface area contributed by atoms with Crippen LogP contribution in [0.25, 0.3) is 0 Å². The molecule has 208 valence electrons. The average Bonchev–Trinajstić information content (AvgIpc) is 2.79. The predicted octanol–water partition coefficient (Wildman–Crippen LogP) is 2.37. The van der Waals surface area contributed by atoms with E-state index in [0.717, 1.165) is 11.8 Å². The lowest BCUT2D eigenvalue weighted by atomic mass is 9.77. The van der Waals surface area contributed by atoms with Gasteiger partial charge in [-0.25, -0.2) is 13.2 Å². The van der Waals surface area contributed by atoms with Gasteiger partial charge >= 0.3 is 5.97 Å². The van der Waals surface area contributed by atoms with Crippen molar-refractivity contribution in [1.29, 1.82) is 0 Å². The highest BCUT2D eigenvalue weighted by molar-refractivity contribution is 7.92. The summed E-state index contributed by atoms with van der Waals surface area (Å²) in [5.41, 5.74) is 0.249. The highest BCUT2D eigenvalue weighted by Crippen LogP contribution is 2.29. The largest absolute Gasteiger partial charge is 0.478 e. The minimum absolute atomic E-state index is 0.0566. The Morgan fingerprint density at radius 2 is 1.54 bits per heavy atom. The molecule has 0 saturated carbocycles. The minimum Gasteiger partial charge on any atom is -0.478 e. The summed E-state index contributed by atoms with van der Waals surface area (Å²) < 4.78 is 24.0. The number of carbonyl (C=O) groups is 3. The zero-order chi connectivity index (χ0) is 28.9. The Morgan fingerprint density at radius 3 is 1.95 bits per heavy atom. The van der Waals surface area contributed by atoms with Crippen molar-refractivity contribution in [2.75, 3.05) is 20.4 Å². The van der Waals surface area contributed by atoms with E-state index in [1.807, 2.05) is 58.0 Å². The Balaban J connectivity index is 3.54. The zero-order valence-electron chi connectivity index (χ0n) is 23.6. The van der Waals surface area contributed by atoms with Gasteiger partial charge in [-0.05, 0) is 39.3 Å². The molecule has 1 aromatic carbocycles. The summed E-state index contributed by atoms with van der Waals surface area (Å²) in [6.45, 7) is 11.7. The lowest BCUT2D eigenvalue weighted by Crippen LogP contribution is -2.65. The molecule has 3 N–H and O–H groups in total. The lowest BCUT2D eigenvalue weighted by Gasteiger charge is -2.40. The van der Waals surface area contributed by atoms with E-state index in [1.165, 1.54) is 38.8 Å². The first-order valence-electron chi connectivity index (χ1n) is 12.2. The van der Waals surface area contributed by atoms with E-state index in [4.69, 9.17) is 0 Å². The number of hydrogen-bond donors (Lipinski definition) is 3. The van der Waals surface area contributed by atoms with Gasteiger partial charge in [0.25, 0.3) is 0 Å². The number of hydrogen-bond acceptors (Lipinski definition) is 6. The number of nitrogens with zero attached hydrogens (tertiary/aromatic N) is 1. The number of aliphatic carboxylic acids is 1. The number of likely N-dealkylation sites (N-methyl/N-ethyl adjacent to an activating group) is 2. The molecular formula is C27H43N3O6S. The zero-order valence-corrected chi connectivity index (χ0v) is 24.4. The van der Waals surface area contributed by atoms with E-state index in [1.54, 1.807) is 7.05 Å². The first-order chi connectivity index (χ1) is 16.8. The van der Waals surface area contributed by atoms with Crippen LogP contribution in [0.3, 0.4) is 0 Å². The summed E-state index contributed by atoms with van der Waals surface area (Å²) in [6.07, 6.45) is 2.49. The SMILES string of the molecule is CN[C@H](C(=O)N[C@H](C(=O)N(C)[C@H](/C=C(\C)C(=O)O)C(C)C)C(C)(C)S(C)(=O)=O)C(C)(C)c1ccccc1. The number of benzene rings is 1. The molecule has 0 aromatic heterocycles. The third-order valence-corrected chi connectivity index (χ3v) is 9.36. The van der Waals surface area contributed by atoms with Gasteiger partial charge < -0.3 is 20.6 Å². The van der Waals surface area contributed by atoms with Crippen molar-refractivity contribution in [2.45, 2.75) is 76.8 Å². The van der Waals surface area contributed by atoms with Crippen molar-refractivity contribution in [2.24, 2.45) is 5.92 Å². The molecule has 3 atom stereocenters. The molecule has 10 heteroatoms. The van der Waals surface area contributed by atoms with Crippen LogP contribution in [0.1, 0.15) is 54.0 Å². The van der Waals surface area contributed by atoms with Crippen LogP contribution < -0.4 is 10.6 Å². The van der Waals surface area contributed by atoms with Crippen molar-refractivity contribution >= 4 is 27.6 Å². The Kier molecular flexibility index (Phi) is 10.7. The Labute approximate surface area is 221 Å². The Bertz CT molecular complexity index is 1110. The lowest BCUT2D eigenvalue weighted by molar-refractivity contribution is -0.138. The summed E-state index contributed by atoms with van der Waals surface area (Å²) in [6, 6.07) is 6.56. The maximum absolute atomic E-state index is 13.8. The summed E-state index contributed by atoms with van der Waals surface area (Å²) in [5, 5.41) is 15.1. The number of sulfone groups is 1. The molecule has 0 spiro atoms. The fraction of sp³-hybridized carbons (Fsp3) is 0.593. The predicted molar refractivity (Wildman–Crippen MR) is 146 cm³/mol. The number of rotatable bonds is 12. The molecular weight excluding hydrogens is 494 g/mol. The van der Waals surface area contributed by atoms with E-state index in [0.29, 0.717) is 0 Å².